The van der Waals surface area contributed by atoms with Crippen molar-refractivity contribution in [2.75, 3.05) is 16.9 Å². The monoisotopic (exact) mass is 371 g/mol. The lowest BCUT2D eigenvalue weighted by molar-refractivity contribution is -0.113. The molecular weight excluding hydrogens is 350 g/mol. The number of hydrogen-bond acceptors (Lipinski definition) is 6. The van der Waals surface area contributed by atoms with Crippen LogP contribution in [0.2, 0.25) is 0 Å². The van der Waals surface area contributed by atoms with Gasteiger partial charge in [0.25, 0.3) is 5.95 Å². The number of hydrogen-bond donors (Lipinski definition) is 2. The van der Waals surface area contributed by atoms with Gasteiger partial charge in [0.1, 0.15) is 0 Å². The van der Waals surface area contributed by atoms with E-state index in [0.29, 0.717) is 11.1 Å². The van der Waals surface area contributed by atoms with E-state index in [2.05, 4.69) is 20.6 Å². The average molecular weight is 371 g/mol. The lowest BCUT2D eigenvalue weighted by Crippen LogP contribution is -2.19. The number of nitrogens with one attached hydrogen (secondary N) is 1. The van der Waals surface area contributed by atoms with Crippen LogP contribution in [0.1, 0.15) is 22.5 Å². The van der Waals surface area contributed by atoms with E-state index in [1.165, 1.54) is 16.4 Å². The van der Waals surface area contributed by atoms with Crippen molar-refractivity contribution < 1.29 is 4.79 Å². The summed E-state index contributed by atoms with van der Waals surface area (Å²) in [5, 5.41) is 15.8. The number of rotatable bonds is 5. The fourth-order valence-corrected chi connectivity index (χ4v) is 3.27. The van der Waals surface area contributed by atoms with Gasteiger partial charge in [-0.05, 0) is 45.4 Å². The maximum Gasteiger partial charge on any atom is 0.271 e. The molecule has 0 spiro atoms. The summed E-state index contributed by atoms with van der Waals surface area (Å²) < 4.78 is 2.97. The molecule has 0 saturated heterocycles. The lowest BCUT2D eigenvalue weighted by Gasteiger charge is -2.09. The van der Waals surface area contributed by atoms with E-state index in [9.17, 15) is 4.79 Å². The Morgan fingerprint density at radius 1 is 1.19 bits per heavy atom. The zero-order chi connectivity index (χ0) is 18.8. The van der Waals surface area contributed by atoms with Gasteiger partial charge < -0.3 is 11.2 Å². The standard InChI is InChI=1S/C17H21N7OS/c1-10-5-6-14(11(2)7-10)19-15(25)9-26-17-21-20-16(23(17)18)24-13(4)8-12(3)22-24/h5-8H,9,18H2,1-4H3,(H,19,25). The minimum Gasteiger partial charge on any atom is -0.334 e. The quantitative estimate of drug-likeness (QED) is 0.526. The van der Waals surface area contributed by atoms with Crippen LogP contribution in [-0.4, -0.2) is 36.3 Å². The maximum absolute atomic E-state index is 12.2. The molecule has 3 rings (SSSR count). The number of carbonyl (C=O) groups is 1. The molecule has 2 heterocycles. The van der Waals surface area contributed by atoms with Gasteiger partial charge in [-0.1, -0.05) is 29.5 Å². The number of anilines is 1. The summed E-state index contributed by atoms with van der Waals surface area (Å²) in [6.45, 7) is 7.79. The zero-order valence-corrected chi connectivity index (χ0v) is 16.0. The van der Waals surface area contributed by atoms with E-state index < -0.39 is 0 Å². The molecule has 0 unspecified atom stereocenters. The second kappa shape index (κ2) is 7.20. The topological polar surface area (TPSA) is 104 Å². The lowest BCUT2D eigenvalue weighted by atomic mass is 10.1. The van der Waals surface area contributed by atoms with E-state index in [4.69, 9.17) is 5.84 Å². The van der Waals surface area contributed by atoms with Crippen molar-refractivity contribution in [1.29, 1.82) is 0 Å². The summed E-state index contributed by atoms with van der Waals surface area (Å²) in [5.41, 5.74) is 4.76. The Labute approximate surface area is 155 Å². The van der Waals surface area contributed by atoms with Gasteiger partial charge >= 0.3 is 0 Å². The molecule has 0 aliphatic heterocycles. The van der Waals surface area contributed by atoms with Gasteiger partial charge in [0, 0.05) is 11.4 Å². The van der Waals surface area contributed by atoms with Crippen LogP contribution < -0.4 is 11.2 Å². The second-order valence-electron chi connectivity index (χ2n) is 6.15. The highest BCUT2D eigenvalue weighted by molar-refractivity contribution is 7.99. The maximum atomic E-state index is 12.2. The Morgan fingerprint density at radius 2 is 1.96 bits per heavy atom. The first-order valence-electron chi connectivity index (χ1n) is 8.09. The van der Waals surface area contributed by atoms with Crippen LogP contribution in [0, 0.1) is 27.7 Å². The molecule has 3 N–H and O–H groups in total. The fraction of sp³-hybridized carbons (Fsp3) is 0.294. The van der Waals surface area contributed by atoms with Crippen LogP contribution >= 0.6 is 11.8 Å². The number of thioether (sulfide) groups is 1. The molecule has 1 amide bonds. The van der Waals surface area contributed by atoms with Crippen LogP contribution in [0.25, 0.3) is 5.95 Å². The number of aromatic nitrogens is 5. The van der Waals surface area contributed by atoms with Crippen LogP contribution in [0.5, 0.6) is 0 Å². The number of benzene rings is 1. The molecule has 0 saturated carbocycles. The molecule has 2 aromatic heterocycles. The third kappa shape index (κ3) is 3.72. The van der Waals surface area contributed by atoms with E-state index in [0.717, 1.165) is 28.2 Å². The van der Waals surface area contributed by atoms with Crippen molar-refractivity contribution in [3.63, 3.8) is 0 Å². The van der Waals surface area contributed by atoms with Crippen molar-refractivity contribution >= 4 is 23.4 Å². The van der Waals surface area contributed by atoms with E-state index in [1.54, 1.807) is 4.68 Å². The summed E-state index contributed by atoms with van der Waals surface area (Å²) in [6.07, 6.45) is 0. The number of carbonyl (C=O) groups excluding carboxylic acids is 1. The second-order valence-corrected chi connectivity index (χ2v) is 7.09. The van der Waals surface area contributed by atoms with Gasteiger partial charge in [-0.2, -0.15) is 5.10 Å². The first kappa shape index (κ1) is 18.0. The summed E-state index contributed by atoms with van der Waals surface area (Å²) in [4.78, 5) is 12.2. The molecule has 1 aromatic carbocycles. The number of aryl methyl sites for hydroxylation is 4. The molecule has 136 valence electrons. The highest BCUT2D eigenvalue weighted by Crippen LogP contribution is 2.19. The predicted octanol–water partition coefficient (Wildman–Crippen LogP) is 2.14. The number of nitrogens with zero attached hydrogens (tertiary/aromatic N) is 5. The van der Waals surface area contributed by atoms with Gasteiger partial charge in [-0.25, -0.2) is 9.36 Å². The SMILES string of the molecule is Cc1ccc(NC(=O)CSc2nnc(-n3nc(C)cc3C)n2N)c(C)c1. The molecule has 3 aromatic rings. The predicted molar refractivity (Wildman–Crippen MR) is 102 cm³/mol. The minimum absolute atomic E-state index is 0.127. The third-order valence-corrected chi connectivity index (χ3v) is 4.78. The number of nitrogens with two attached hydrogens (primary N) is 1. The van der Waals surface area contributed by atoms with Crippen LogP contribution in [-0.2, 0) is 4.79 Å². The fourth-order valence-electron chi connectivity index (χ4n) is 2.61. The summed E-state index contributed by atoms with van der Waals surface area (Å²) >= 11 is 1.22. The molecule has 0 aliphatic rings. The molecule has 0 aliphatic carbocycles. The van der Waals surface area contributed by atoms with E-state index in [1.807, 2.05) is 52.0 Å². The molecule has 0 fully saturated rings. The Morgan fingerprint density at radius 3 is 2.62 bits per heavy atom. The molecule has 0 bridgehead atoms. The molecule has 0 atom stereocenters. The molecule has 0 radical (unpaired) electrons. The zero-order valence-electron chi connectivity index (χ0n) is 15.1. The normalized spacial score (nSPS) is 10.9. The Balaban J connectivity index is 1.67. The van der Waals surface area contributed by atoms with Crippen molar-refractivity contribution in [2.24, 2.45) is 0 Å². The smallest absolute Gasteiger partial charge is 0.271 e. The third-order valence-electron chi connectivity index (χ3n) is 3.83. The Kier molecular flexibility index (Phi) is 4.99. The number of amides is 1. The number of nitrogen functional groups attached to an aromatic ring is 1. The van der Waals surface area contributed by atoms with E-state index >= 15 is 0 Å². The molecule has 8 nitrogen and oxygen atoms in total. The van der Waals surface area contributed by atoms with Crippen molar-refractivity contribution in [3.8, 4) is 5.95 Å². The molecule has 9 heteroatoms. The average Bonchev–Trinajstić information content (AvgIpc) is 3.10. The van der Waals surface area contributed by atoms with Gasteiger partial charge in [0.05, 0.1) is 11.4 Å². The van der Waals surface area contributed by atoms with Gasteiger partial charge in [-0.3, -0.25) is 4.79 Å². The summed E-state index contributed by atoms with van der Waals surface area (Å²) in [5.74, 6) is 6.53. The van der Waals surface area contributed by atoms with Crippen molar-refractivity contribution in [2.45, 2.75) is 32.9 Å². The first-order chi connectivity index (χ1) is 12.3. The van der Waals surface area contributed by atoms with Crippen molar-refractivity contribution in [1.82, 2.24) is 24.7 Å². The van der Waals surface area contributed by atoms with Crippen LogP contribution in [0.15, 0.2) is 29.4 Å². The van der Waals surface area contributed by atoms with Gasteiger partial charge in [0.2, 0.25) is 11.1 Å². The Hall–Kier alpha value is -2.81. The van der Waals surface area contributed by atoms with E-state index in [-0.39, 0.29) is 11.7 Å². The highest BCUT2D eigenvalue weighted by Gasteiger charge is 2.16. The van der Waals surface area contributed by atoms with Crippen LogP contribution in [0.4, 0.5) is 5.69 Å². The minimum atomic E-state index is -0.127. The molecular formula is C17H21N7OS. The van der Waals surface area contributed by atoms with Crippen LogP contribution in [0.3, 0.4) is 0 Å². The summed E-state index contributed by atoms with van der Waals surface area (Å²) in [6, 6.07) is 7.82. The Bertz CT molecular complexity index is 960. The van der Waals surface area contributed by atoms with Gasteiger partial charge in [0.15, 0.2) is 0 Å². The highest BCUT2D eigenvalue weighted by atomic mass is 32.2. The largest absolute Gasteiger partial charge is 0.334 e. The van der Waals surface area contributed by atoms with Crippen molar-refractivity contribution in [3.05, 3.63) is 46.8 Å². The first-order valence-corrected chi connectivity index (χ1v) is 9.07. The van der Waals surface area contributed by atoms with Gasteiger partial charge in [-0.15, -0.1) is 10.2 Å². The molecule has 26 heavy (non-hydrogen) atoms. The summed E-state index contributed by atoms with van der Waals surface area (Å²) in [7, 11) is 0.